The van der Waals surface area contributed by atoms with Crippen molar-refractivity contribution >= 4 is 0 Å². The van der Waals surface area contributed by atoms with Crippen LogP contribution in [0.5, 0.6) is 0 Å². The fourth-order valence-corrected chi connectivity index (χ4v) is 1.05. The molecule has 0 fully saturated rings. The molecule has 1 N–H and O–H groups in total. The maximum atomic E-state index is 4.74. The summed E-state index contributed by atoms with van der Waals surface area (Å²) in [5.74, 6) is 0. The van der Waals surface area contributed by atoms with Gasteiger partial charge >= 0.3 is 0 Å². The highest BCUT2D eigenvalue weighted by molar-refractivity contribution is 5.21. The van der Waals surface area contributed by atoms with Gasteiger partial charge in [0, 0.05) is 6.54 Å². The molecule has 0 heterocycles. The van der Waals surface area contributed by atoms with Gasteiger partial charge in [0.15, 0.2) is 0 Å². The molecule has 1 aromatic carbocycles. The summed E-state index contributed by atoms with van der Waals surface area (Å²) in [6, 6.07) is 8.55. The highest BCUT2D eigenvalue weighted by atomic mass is 16.6. The topological polar surface area (TPSA) is 21.3 Å². The monoisotopic (exact) mass is 165 g/mol. The Morgan fingerprint density at radius 2 is 1.92 bits per heavy atom. The van der Waals surface area contributed by atoms with E-state index in [1.807, 2.05) is 0 Å². The Balaban J connectivity index is 2.37. The van der Waals surface area contributed by atoms with E-state index < -0.39 is 0 Å². The molecule has 2 heteroatoms. The maximum Gasteiger partial charge on any atom is 0.0572 e. The van der Waals surface area contributed by atoms with E-state index in [0.717, 1.165) is 13.0 Å². The van der Waals surface area contributed by atoms with Gasteiger partial charge in [0.05, 0.1) is 7.11 Å². The molecule has 0 bridgehead atoms. The molecule has 12 heavy (non-hydrogen) atoms. The Morgan fingerprint density at radius 1 is 1.25 bits per heavy atom. The highest BCUT2D eigenvalue weighted by Gasteiger charge is 1.91. The Hall–Kier alpha value is -0.860. The lowest BCUT2D eigenvalue weighted by molar-refractivity contribution is 0.0928. The van der Waals surface area contributed by atoms with Crippen LogP contribution in [-0.2, 0) is 11.3 Å². The minimum Gasteiger partial charge on any atom is -0.305 e. The van der Waals surface area contributed by atoms with Crippen molar-refractivity contribution in [1.29, 1.82) is 0 Å². The Bertz CT molecular complexity index is 218. The lowest BCUT2D eigenvalue weighted by Crippen LogP contribution is -2.14. The fraction of sp³-hybridized carbons (Fsp3) is 0.400. The van der Waals surface area contributed by atoms with E-state index in [-0.39, 0.29) is 0 Å². The van der Waals surface area contributed by atoms with Crippen LogP contribution in [0.2, 0.25) is 0 Å². The number of hydroxylamine groups is 1. The largest absolute Gasteiger partial charge is 0.305 e. The van der Waals surface area contributed by atoms with Crippen LogP contribution in [-0.4, -0.2) is 13.7 Å². The molecule has 0 saturated heterocycles. The van der Waals surface area contributed by atoms with E-state index in [9.17, 15) is 0 Å². The third-order valence-electron chi connectivity index (χ3n) is 1.78. The van der Waals surface area contributed by atoms with Crippen LogP contribution in [0.4, 0.5) is 0 Å². The van der Waals surface area contributed by atoms with Crippen molar-refractivity contribution in [1.82, 2.24) is 5.48 Å². The van der Waals surface area contributed by atoms with Crippen LogP contribution >= 0.6 is 0 Å². The minimum absolute atomic E-state index is 0.861. The van der Waals surface area contributed by atoms with Crippen molar-refractivity contribution in [3.8, 4) is 0 Å². The second-order valence-corrected chi connectivity index (χ2v) is 2.83. The van der Waals surface area contributed by atoms with E-state index in [4.69, 9.17) is 4.84 Å². The van der Waals surface area contributed by atoms with E-state index in [1.165, 1.54) is 11.1 Å². The summed E-state index contributed by atoms with van der Waals surface area (Å²) in [6.45, 7) is 2.96. The third-order valence-corrected chi connectivity index (χ3v) is 1.78. The highest BCUT2D eigenvalue weighted by Crippen LogP contribution is 2.02. The molecule has 0 aromatic heterocycles. The van der Waals surface area contributed by atoms with Crippen molar-refractivity contribution in [3.05, 3.63) is 35.4 Å². The zero-order valence-corrected chi connectivity index (χ0v) is 7.63. The SMILES string of the molecule is CONCCc1ccc(C)cc1. The van der Waals surface area contributed by atoms with Crippen LogP contribution in [0, 0.1) is 6.92 Å². The van der Waals surface area contributed by atoms with Crippen molar-refractivity contribution < 1.29 is 4.84 Å². The minimum atomic E-state index is 0.861. The van der Waals surface area contributed by atoms with Crippen molar-refractivity contribution in [2.45, 2.75) is 13.3 Å². The summed E-state index contributed by atoms with van der Waals surface area (Å²) < 4.78 is 0. The molecule has 0 radical (unpaired) electrons. The van der Waals surface area contributed by atoms with Crippen LogP contribution in [0.3, 0.4) is 0 Å². The Labute approximate surface area is 73.5 Å². The van der Waals surface area contributed by atoms with E-state index >= 15 is 0 Å². The summed E-state index contributed by atoms with van der Waals surface area (Å²) in [6.07, 6.45) is 1.01. The third kappa shape index (κ3) is 3.03. The van der Waals surface area contributed by atoms with Gasteiger partial charge < -0.3 is 4.84 Å². The summed E-state index contributed by atoms with van der Waals surface area (Å²) >= 11 is 0. The van der Waals surface area contributed by atoms with Crippen molar-refractivity contribution in [2.24, 2.45) is 0 Å². The van der Waals surface area contributed by atoms with E-state index in [0.29, 0.717) is 0 Å². The molecule has 0 saturated carbocycles. The summed E-state index contributed by atoms with van der Waals surface area (Å²) in [5, 5.41) is 0. The molecule has 0 aliphatic carbocycles. The zero-order valence-electron chi connectivity index (χ0n) is 7.63. The van der Waals surface area contributed by atoms with Gasteiger partial charge in [-0.05, 0) is 18.9 Å². The van der Waals surface area contributed by atoms with Gasteiger partial charge in [-0.25, -0.2) is 5.48 Å². The maximum absolute atomic E-state index is 4.74. The molecule has 0 spiro atoms. The number of aryl methyl sites for hydroxylation is 1. The van der Waals surface area contributed by atoms with Crippen LogP contribution < -0.4 is 5.48 Å². The molecule has 0 atom stereocenters. The summed E-state index contributed by atoms with van der Waals surface area (Å²) in [4.78, 5) is 4.74. The molecule has 0 aliphatic heterocycles. The molecule has 2 nitrogen and oxygen atoms in total. The summed E-state index contributed by atoms with van der Waals surface area (Å²) in [7, 11) is 1.63. The Kier molecular flexibility index (Phi) is 3.77. The van der Waals surface area contributed by atoms with Crippen LogP contribution in [0.1, 0.15) is 11.1 Å². The first-order valence-corrected chi connectivity index (χ1v) is 4.14. The first-order valence-electron chi connectivity index (χ1n) is 4.14. The number of rotatable bonds is 4. The van der Waals surface area contributed by atoms with E-state index in [2.05, 4.69) is 36.7 Å². The van der Waals surface area contributed by atoms with Gasteiger partial charge in [-0.2, -0.15) is 0 Å². The average molecular weight is 165 g/mol. The zero-order chi connectivity index (χ0) is 8.81. The van der Waals surface area contributed by atoms with Gasteiger partial charge in [0.1, 0.15) is 0 Å². The van der Waals surface area contributed by atoms with E-state index in [1.54, 1.807) is 7.11 Å². The lowest BCUT2D eigenvalue weighted by atomic mass is 10.1. The van der Waals surface area contributed by atoms with Crippen molar-refractivity contribution in [2.75, 3.05) is 13.7 Å². The molecule has 1 aromatic rings. The molecule has 0 aliphatic rings. The second kappa shape index (κ2) is 4.91. The predicted molar refractivity (Wildman–Crippen MR) is 49.9 cm³/mol. The average Bonchev–Trinajstić information content (AvgIpc) is 2.09. The fourth-order valence-electron chi connectivity index (χ4n) is 1.05. The molecular weight excluding hydrogens is 150 g/mol. The lowest BCUT2D eigenvalue weighted by Gasteiger charge is -2.02. The molecular formula is C10H15NO. The number of nitrogens with one attached hydrogen (secondary N) is 1. The quantitative estimate of drug-likeness (QED) is 0.541. The summed E-state index contributed by atoms with van der Waals surface area (Å²) in [5.41, 5.74) is 5.45. The van der Waals surface area contributed by atoms with Gasteiger partial charge in [-0.3, -0.25) is 0 Å². The van der Waals surface area contributed by atoms with Gasteiger partial charge in [0.25, 0.3) is 0 Å². The second-order valence-electron chi connectivity index (χ2n) is 2.83. The van der Waals surface area contributed by atoms with Crippen LogP contribution in [0.25, 0.3) is 0 Å². The van der Waals surface area contributed by atoms with Crippen LogP contribution in [0.15, 0.2) is 24.3 Å². The molecule has 0 amide bonds. The smallest absolute Gasteiger partial charge is 0.0572 e. The first-order chi connectivity index (χ1) is 5.83. The number of benzene rings is 1. The predicted octanol–water partition coefficient (Wildman–Crippen LogP) is 1.69. The van der Waals surface area contributed by atoms with Gasteiger partial charge in [-0.15, -0.1) is 0 Å². The standard InChI is InChI=1S/C10H15NO/c1-9-3-5-10(6-4-9)7-8-11-12-2/h3-6,11H,7-8H2,1-2H3. The molecule has 0 unspecified atom stereocenters. The molecule has 1 rings (SSSR count). The number of hydrogen-bond donors (Lipinski definition) is 1. The Morgan fingerprint density at radius 3 is 2.50 bits per heavy atom. The first kappa shape index (κ1) is 9.23. The van der Waals surface area contributed by atoms with Gasteiger partial charge in [0.2, 0.25) is 0 Å². The van der Waals surface area contributed by atoms with Crippen molar-refractivity contribution in [3.63, 3.8) is 0 Å². The van der Waals surface area contributed by atoms with Gasteiger partial charge in [-0.1, -0.05) is 29.8 Å². The normalized spacial score (nSPS) is 10.2. The molecule has 66 valence electrons. The number of hydrogen-bond acceptors (Lipinski definition) is 2.